The summed E-state index contributed by atoms with van der Waals surface area (Å²) in [7, 11) is 1.82. The second-order valence-electron chi connectivity index (χ2n) is 11.0. The van der Waals surface area contributed by atoms with Crippen LogP contribution in [0.3, 0.4) is 0 Å². The van der Waals surface area contributed by atoms with Gasteiger partial charge in [-0.3, -0.25) is 14.5 Å². The Balaban J connectivity index is 1.42. The molecule has 1 saturated heterocycles. The van der Waals surface area contributed by atoms with E-state index in [1.165, 1.54) is 6.92 Å². The summed E-state index contributed by atoms with van der Waals surface area (Å²) in [5, 5.41) is 12.6. The molecule has 2 bridgehead atoms. The minimum atomic E-state index is -1.04. The van der Waals surface area contributed by atoms with Crippen LogP contribution in [-0.4, -0.2) is 70.7 Å². The molecule has 2 aliphatic heterocycles. The van der Waals surface area contributed by atoms with Crippen LogP contribution in [0.25, 0.3) is 6.08 Å². The van der Waals surface area contributed by atoms with Gasteiger partial charge in [0.1, 0.15) is 6.10 Å². The van der Waals surface area contributed by atoms with E-state index in [0.29, 0.717) is 43.7 Å². The lowest BCUT2D eigenvalue weighted by Gasteiger charge is -2.64. The zero-order chi connectivity index (χ0) is 26.7. The molecule has 5 atom stereocenters. The summed E-state index contributed by atoms with van der Waals surface area (Å²) in [4.78, 5) is 29.4. The highest BCUT2D eigenvalue weighted by Crippen LogP contribution is 2.65. The number of piperidine rings is 1. The molecule has 1 N–H and O–H groups in total. The van der Waals surface area contributed by atoms with Gasteiger partial charge in [-0.2, -0.15) is 0 Å². The Kier molecular flexibility index (Phi) is 5.96. The number of hydrogen-bond donors (Lipinski definition) is 1. The number of esters is 1. The summed E-state index contributed by atoms with van der Waals surface area (Å²) >= 11 is 0. The number of hydrogen-bond acceptors (Lipinski definition) is 6. The first-order valence-electron chi connectivity index (χ1n) is 13.4. The lowest BCUT2D eigenvalue weighted by Crippen LogP contribution is -2.78. The number of carbonyl (C=O) groups is 2. The van der Waals surface area contributed by atoms with E-state index in [9.17, 15) is 14.7 Å². The smallest absolute Gasteiger partial charge is 0.308 e. The van der Waals surface area contributed by atoms with Crippen molar-refractivity contribution in [3.8, 4) is 11.5 Å². The van der Waals surface area contributed by atoms with Gasteiger partial charge in [0.25, 0.3) is 0 Å². The van der Waals surface area contributed by atoms with Crippen LogP contribution in [0, 0.1) is 0 Å². The topological polar surface area (TPSA) is 79.3 Å². The molecular weight excluding hydrogens is 480 g/mol. The van der Waals surface area contributed by atoms with Crippen LogP contribution in [0.4, 0.5) is 0 Å². The number of ether oxygens (including phenoxy) is 2. The summed E-state index contributed by atoms with van der Waals surface area (Å²) in [6, 6.07) is 13.2. The zero-order valence-electron chi connectivity index (χ0n) is 21.9. The van der Waals surface area contributed by atoms with Crippen molar-refractivity contribution >= 4 is 18.0 Å². The van der Waals surface area contributed by atoms with Gasteiger partial charge in [0.2, 0.25) is 5.91 Å². The Bertz CT molecular complexity index is 1320. The maximum absolute atomic E-state index is 13.4. The molecule has 7 nitrogen and oxygen atoms in total. The first-order valence-corrected chi connectivity index (χ1v) is 13.4. The van der Waals surface area contributed by atoms with Gasteiger partial charge in [-0.1, -0.05) is 42.5 Å². The maximum Gasteiger partial charge on any atom is 0.308 e. The summed E-state index contributed by atoms with van der Waals surface area (Å²) in [6.45, 7) is 6.81. The summed E-state index contributed by atoms with van der Waals surface area (Å²) in [5.41, 5.74) is 1.29. The minimum absolute atomic E-state index is 0.0849. The molecule has 4 aliphatic rings. The van der Waals surface area contributed by atoms with Gasteiger partial charge in [0.05, 0.1) is 17.1 Å². The number of nitrogens with zero attached hydrogens (tertiary/aromatic N) is 2. The van der Waals surface area contributed by atoms with Gasteiger partial charge in [0.15, 0.2) is 11.5 Å². The largest absolute Gasteiger partial charge is 0.483 e. The Labute approximate surface area is 223 Å². The summed E-state index contributed by atoms with van der Waals surface area (Å²) in [6.07, 6.45) is 7.38. The van der Waals surface area contributed by atoms with Gasteiger partial charge < -0.3 is 19.5 Å². The molecule has 0 unspecified atom stereocenters. The van der Waals surface area contributed by atoms with Crippen molar-refractivity contribution in [3.05, 3.63) is 77.9 Å². The van der Waals surface area contributed by atoms with E-state index < -0.39 is 23.1 Å². The van der Waals surface area contributed by atoms with Crippen molar-refractivity contribution in [3.63, 3.8) is 0 Å². The molecule has 198 valence electrons. The van der Waals surface area contributed by atoms with E-state index in [1.807, 2.05) is 55.6 Å². The third-order valence-corrected chi connectivity index (χ3v) is 9.21. The quantitative estimate of drug-likeness (QED) is 0.275. The second kappa shape index (κ2) is 9.10. The zero-order valence-corrected chi connectivity index (χ0v) is 21.9. The molecule has 1 saturated carbocycles. The Morgan fingerprint density at radius 2 is 2.03 bits per heavy atom. The van der Waals surface area contributed by atoms with Crippen molar-refractivity contribution in [1.29, 1.82) is 0 Å². The lowest BCUT2D eigenvalue weighted by atomic mass is 9.48. The number of rotatable bonds is 6. The molecule has 38 heavy (non-hydrogen) atoms. The van der Waals surface area contributed by atoms with Crippen LogP contribution in [0.1, 0.15) is 42.9 Å². The first-order chi connectivity index (χ1) is 18.3. The maximum atomic E-state index is 13.4. The van der Waals surface area contributed by atoms with Crippen LogP contribution in [0.5, 0.6) is 11.5 Å². The standard InChI is InChI=1S/C31H34N2O5/c1-4-17-33-18-16-30-27-22-11-12-24(37-20(2)34)28(27)38-29(30)23(14-15-31(30,36)25(33)19-22)32(3)26(35)13-10-21-8-6-5-7-9-21/h4-13,23,25,29,36H,1,14-19H2,2-3H3/t23-,25-,29+,30+,31-/m1/s1. The number of benzene rings is 2. The second-order valence-corrected chi connectivity index (χ2v) is 11.0. The van der Waals surface area contributed by atoms with Crippen LogP contribution >= 0.6 is 0 Å². The molecule has 2 aromatic rings. The average molecular weight is 515 g/mol. The molecule has 0 aromatic heterocycles. The van der Waals surface area contributed by atoms with Crippen molar-refractivity contribution in [2.24, 2.45) is 0 Å². The molecule has 2 aliphatic carbocycles. The predicted octanol–water partition coefficient (Wildman–Crippen LogP) is 3.49. The molecule has 1 amide bonds. The number of carbonyl (C=O) groups excluding carboxylic acids is 2. The Morgan fingerprint density at radius 1 is 1.24 bits per heavy atom. The van der Waals surface area contributed by atoms with Crippen molar-refractivity contribution in [2.75, 3.05) is 20.1 Å². The van der Waals surface area contributed by atoms with E-state index >= 15 is 0 Å². The summed E-state index contributed by atoms with van der Waals surface area (Å²) < 4.78 is 12.3. The Hall–Kier alpha value is -3.42. The highest BCUT2D eigenvalue weighted by atomic mass is 16.6. The molecule has 2 fully saturated rings. The van der Waals surface area contributed by atoms with Crippen LogP contribution in [0.15, 0.2) is 61.2 Å². The van der Waals surface area contributed by atoms with Crippen LogP contribution in [-0.2, 0) is 21.4 Å². The van der Waals surface area contributed by atoms with Crippen LogP contribution in [0.2, 0.25) is 0 Å². The Morgan fingerprint density at radius 3 is 2.76 bits per heavy atom. The van der Waals surface area contributed by atoms with E-state index in [2.05, 4.69) is 11.5 Å². The van der Waals surface area contributed by atoms with Gasteiger partial charge >= 0.3 is 5.97 Å². The van der Waals surface area contributed by atoms with Gasteiger partial charge in [0, 0.05) is 38.2 Å². The van der Waals surface area contributed by atoms with Crippen molar-refractivity contribution in [1.82, 2.24) is 9.80 Å². The van der Waals surface area contributed by atoms with E-state index in [4.69, 9.17) is 9.47 Å². The van der Waals surface area contributed by atoms with Gasteiger partial charge in [-0.05, 0) is 55.5 Å². The van der Waals surface area contributed by atoms with Gasteiger partial charge in [-0.15, -0.1) is 6.58 Å². The molecule has 7 heteroatoms. The van der Waals surface area contributed by atoms with Crippen molar-refractivity contribution in [2.45, 2.75) is 61.8 Å². The highest BCUT2D eigenvalue weighted by molar-refractivity contribution is 5.92. The van der Waals surface area contributed by atoms with E-state index in [-0.39, 0.29) is 18.0 Å². The first kappa shape index (κ1) is 24.9. The minimum Gasteiger partial charge on any atom is -0.483 e. The molecule has 6 rings (SSSR count). The predicted molar refractivity (Wildman–Crippen MR) is 144 cm³/mol. The summed E-state index contributed by atoms with van der Waals surface area (Å²) in [5.74, 6) is 0.393. The number of aliphatic hydroxyl groups is 1. The molecule has 2 aromatic carbocycles. The number of amides is 1. The molecule has 2 heterocycles. The fourth-order valence-corrected chi connectivity index (χ4v) is 7.62. The van der Waals surface area contributed by atoms with Crippen LogP contribution < -0.4 is 9.47 Å². The third kappa shape index (κ3) is 3.48. The highest BCUT2D eigenvalue weighted by Gasteiger charge is 2.73. The van der Waals surface area contributed by atoms with Gasteiger partial charge in [-0.25, -0.2) is 0 Å². The average Bonchev–Trinajstić information content (AvgIpc) is 3.25. The SMILES string of the molecule is C=CCN1CC[C@]23c4c5ccc(OC(C)=O)c4O[C@H]2[C@H](N(C)C(=O)C=Cc2ccccc2)CC[C@@]3(O)[C@H]1C5. The fraction of sp³-hybridized carbons (Fsp3) is 0.419. The molecule has 0 radical (unpaired) electrons. The lowest BCUT2D eigenvalue weighted by molar-refractivity contribution is -0.198. The normalized spacial score (nSPS) is 30.9. The number of likely N-dealkylation sites (tertiary alicyclic amines) is 1. The monoisotopic (exact) mass is 514 g/mol. The molecular formula is C31H34N2O5. The van der Waals surface area contributed by atoms with Crippen molar-refractivity contribution < 1.29 is 24.2 Å². The third-order valence-electron chi connectivity index (χ3n) is 9.21. The van der Waals surface area contributed by atoms with E-state index in [1.54, 1.807) is 17.0 Å². The van der Waals surface area contributed by atoms with E-state index in [0.717, 1.165) is 23.2 Å². The number of likely N-dealkylation sites (N-methyl/N-ethyl adjacent to an activating group) is 1. The molecule has 1 spiro atoms. The fourth-order valence-electron chi connectivity index (χ4n) is 7.62.